The lowest BCUT2D eigenvalue weighted by atomic mass is 10.0. The highest BCUT2D eigenvalue weighted by Crippen LogP contribution is 2.32. The van der Waals surface area contributed by atoms with Crippen molar-refractivity contribution in [3.05, 3.63) is 83.9 Å². The Morgan fingerprint density at radius 3 is 2.58 bits per heavy atom. The van der Waals surface area contributed by atoms with Gasteiger partial charge in [0.05, 0.1) is 19.2 Å². The second kappa shape index (κ2) is 11.5. The summed E-state index contributed by atoms with van der Waals surface area (Å²) in [6.45, 7) is 2.46. The van der Waals surface area contributed by atoms with Gasteiger partial charge in [-0.15, -0.1) is 5.10 Å². The molecule has 0 bridgehead atoms. The number of methoxy groups -OCH3 is 2. The standard InChI is InChI=1S/C27H29N5O4/c1-19-9-4-6-13-23(19)32(25(33)18-31-24-14-7-5-12-22(24)29-30-31)26(27(34)28-15-16-35-2)20-10-8-11-21(17-20)36-3/h4-14,17,26H,15-16,18H2,1-3H3,(H,28,34)/t26-/m0/s1. The van der Waals surface area contributed by atoms with Gasteiger partial charge in [0.25, 0.3) is 0 Å². The number of fused-ring (bicyclic) bond motifs is 1. The number of hydrogen-bond acceptors (Lipinski definition) is 6. The van der Waals surface area contributed by atoms with E-state index in [1.165, 1.54) is 4.90 Å². The highest BCUT2D eigenvalue weighted by atomic mass is 16.5. The van der Waals surface area contributed by atoms with Gasteiger partial charge in [-0.2, -0.15) is 0 Å². The Balaban J connectivity index is 1.80. The maximum absolute atomic E-state index is 14.0. The molecule has 0 aliphatic rings. The Hall–Kier alpha value is -4.24. The lowest BCUT2D eigenvalue weighted by Crippen LogP contribution is -2.46. The van der Waals surface area contributed by atoms with E-state index < -0.39 is 6.04 Å². The predicted molar refractivity (Wildman–Crippen MR) is 137 cm³/mol. The summed E-state index contributed by atoms with van der Waals surface area (Å²) in [6, 6.07) is 21.1. The van der Waals surface area contributed by atoms with E-state index in [2.05, 4.69) is 15.6 Å². The molecule has 0 saturated carbocycles. The molecule has 0 unspecified atom stereocenters. The maximum Gasteiger partial charge on any atom is 0.249 e. The van der Waals surface area contributed by atoms with E-state index in [-0.39, 0.29) is 18.4 Å². The minimum absolute atomic E-state index is 0.0966. The van der Waals surface area contributed by atoms with Gasteiger partial charge in [0.1, 0.15) is 23.9 Å². The molecule has 4 aromatic rings. The van der Waals surface area contributed by atoms with E-state index in [1.54, 1.807) is 37.1 Å². The molecule has 0 aliphatic carbocycles. The van der Waals surface area contributed by atoms with Gasteiger partial charge in [-0.3, -0.25) is 14.5 Å². The van der Waals surface area contributed by atoms with Crippen LogP contribution in [-0.2, 0) is 20.9 Å². The van der Waals surface area contributed by atoms with Gasteiger partial charge in [0.15, 0.2) is 0 Å². The van der Waals surface area contributed by atoms with Gasteiger partial charge in [0, 0.05) is 19.3 Å². The first-order chi connectivity index (χ1) is 17.5. The third-order valence-electron chi connectivity index (χ3n) is 5.87. The lowest BCUT2D eigenvalue weighted by molar-refractivity contribution is -0.127. The minimum atomic E-state index is -0.958. The van der Waals surface area contributed by atoms with Crippen molar-refractivity contribution in [2.75, 3.05) is 32.3 Å². The van der Waals surface area contributed by atoms with Crippen LogP contribution in [0.5, 0.6) is 5.75 Å². The molecule has 9 heteroatoms. The molecule has 36 heavy (non-hydrogen) atoms. The number of carbonyl (C=O) groups excluding carboxylic acids is 2. The number of aryl methyl sites for hydroxylation is 1. The lowest BCUT2D eigenvalue weighted by Gasteiger charge is -2.32. The predicted octanol–water partition coefficient (Wildman–Crippen LogP) is 3.29. The van der Waals surface area contributed by atoms with E-state index in [0.717, 1.165) is 11.1 Å². The molecule has 0 spiro atoms. The van der Waals surface area contributed by atoms with Crippen LogP contribution in [0.1, 0.15) is 17.2 Å². The molecule has 0 radical (unpaired) electrons. The van der Waals surface area contributed by atoms with Crippen molar-refractivity contribution < 1.29 is 19.1 Å². The van der Waals surface area contributed by atoms with Crippen molar-refractivity contribution in [2.24, 2.45) is 0 Å². The average Bonchev–Trinajstić information content (AvgIpc) is 3.30. The number of ether oxygens (including phenoxy) is 2. The molecule has 9 nitrogen and oxygen atoms in total. The zero-order valence-electron chi connectivity index (χ0n) is 20.5. The molecule has 1 N–H and O–H groups in total. The number of para-hydroxylation sites is 2. The van der Waals surface area contributed by atoms with E-state index in [9.17, 15) is 9.59 Å². The van der Waals surface area contributed by atoms with E-state index >= 15 is 0 Å². The number of amides is 2. The first-order valence-corrected chi connectivity index (χ1v) is 11.6. The fourth-order valence-corrected chi connectivity index (χ4v) is 4.09. The first kappa shape index (κ1) is 24.9. The first-order valence-electron chi connectivity index (χ1n) is 11.6. The van der Waals surface area contributed by atoms with E-state index in [1.807, 2.05) is 61.5 Å². The van der Waals surface area contributed by atoms with E-state index in [0.29, 0.717) is 35.7 Å². The molecule has 186 valence electrons. The third-order valence-corrected chi connectivity index (χ3v) is 5.87. The van der Waals surface area contributed by atoms with Crippen molar-refractivity contribution >= 4 is 28.5 Å². The Kier molecular flexibility index (Phi) is 7.92. The zero-order chi connectivity index (χ0) is 25.5. The molecule has 0 saturated heterocycles. The second-order valence-electron chi connectivity index (χ2n) is 8.25. The Labute approximate surface area is 209 Å². The van der Waals surface area contributed by atoms with Gasteiger partial charge in [-0.1, -0.05) is 47.7 Å². The number of aromatic nitrogens is 3. The number of anilines is 1. The molecule has 2 amide bonds. The Morgan fingerprint density at radius 1 is 1.03 bits per heavy atom. The molecule has 3 aromatic carbocycles. The quantitative estimate of drug-likeness (QED) is 0.345. The van der Waals surface area contributed by atoms with Crippen LogP contribution in [-0.4, -0.2) is 54.2 Å². The monoisotopic (exact) mass is 487 g/mol. The summed E-state index contributed by atoms with van der Waals surface area (Å²) in [5, 5.41) is 11.2. The second-order valence-corrected chi connectivity index (χ2v) is 8.25. The third kappa shape index (κ3) is 5.36. The molecule has 0 aliphatic heterocycles. The molecule has 1 aromatic heterocycles. The van der Waals surface area contributed by atoms with Crippen LogP contribution < -0.4 is 15.0 Å². The number of nitrogens with one attached hydrogen (secondary N) is 1. The summed E-state index contributed by atoms with van der Waals surface area (Å²) >= 11 is 0. The summed E-state index contributed by atoms with van der Waals surface area (Å²) in [5.74, 6) is -0.0586. The highest BCUT2D eigenvalue weighted by molar-refractivity contribution is 6.02. The van der Waals surface area contributed by atoms with Gasteiger partial charge < -0.3 is 14.8 Å². The molecule has 4 rings (SSSR count). The van der Waals surface area contributed by atoms with Gasteiger partial charge in [-0.25, -0.2) is 4.68 Å². The summed E-state index contributed by atoms with van der Waals surface area (Å²) in [7, 11) is 3.13. The smallest absolute Gasteiger partial charge is 0.249 e. The fraction of sp³-hybridized carbons (Fsp3) is 0.259. The van der Waals surface area contributed by atoms with Crippen LogP contribution in [0.4, 0.5) is 5.69 Å². The van der Waals surface area contributed by atoms with Gasteiger partial charge >= 0.3 is 0 Å². The van der Waals surface area contributed by atoms with Gasteiger partial charge in [-0.05, 0) is 48.4 Å². The number of nitrogens with zero attached hydrogens (tertiary/aromatic N) is 4. The molecule has 1 atom stereocenters. The van der Waals surface area contributed by atoms with Crippen LogP contribution in [0, 0.1) is 6.92 Å². The SMILES string of the molecule is COCCNC(=O)[C@H](c1cccc(OC)c1)N(C(=O)Cn1nnc2ccccc21)c1ccccc1C. The molecular weight excluding hydrogens is 458 g/mol. The molecular formula is C27H29N5O4. The number of hydrogen-bond donors (Lipinski definition) is 1. The van der Waals surface area contributed by atoms with Crippen molar-refractivity contribution in [2.45, 2.75) is 19.5 Å². The average molecular weight is 488 g/mol. The fourth-order valence-electron chi connectivity index (χ4n) is 4.09. The largest absolute Gasteiger partial charge is 0.497 e. The summed E-state index contributed by atoms with van der Waals surface area (Å²) in [4.78, 5) is 29.2. The van der Waals surface area contributed by atoms with Crippen LogP contribution in [0.25, 0.3) is 11.0 Å². The Bertz CT molecular complexity index is 1350. The zero-order valence-corrected chi connectivity index (χ0v) is 20.5. The highest BCUT2D eigenvalue weighted by Gasteiger charge is 2.34. The summed E-state index contributed by atoms with van der Waals surface area (Å²) < 4.78 is 12.1. The van der Waals surface area contributed by atoms with Crippen LogP contribution in [0.2, 0.25) is 0 Å². The number of rotatable bonds is 10. The van der Waals surface area contributed by atoms with Crippen molar-refractivity contribution in [3.63, 3.8) is 0 Å². The minimum Gasteiger partial charge on any atom is -0.497 e. The summed E-state index contributed by atoms with van der Waals surface area (Å²) in [6.07, 6.45) is 0. The van der Waals surface area contributed by atoms with Crippen LogP contribution >= 0.6 is 0 Å². The molecule has 0 fully saturated rings. The maximum atomic E-state index is 14.0. The number of carbonyl (C=O) groups is 2. The summed E-state index contributed by atoms with van der Waals surface area (Å²) in [5.41, 5.74) is 3.52. The van der Waals surface area contributed by atoms with Crippen LogP contribution in [0.3, 0.4) is 0 Å². The van der Waals surface area contributed by atoms with E-state index in [4.69, 9.17) is 9.47 Å². The van der Waals surface area contributed by atoms with Crippen molar-refractivity contribution in [3.8, 4) is 5.75 Å². The Morgan fingerprint density at radius 2 is 1.81 bits per heavy atom. The van der Waals surface area contributed by atoms with Crippen molar-refractivity contribution in [1.82, 2.24) is 20.3 Å². The molecule has 1 heterocycles. The normalized spacial score (nSPS) is 11.8. The topological polar surface area (TPSA) is 98.6 Å². The number of benzene rings is 3. The van der Waals surface area contributed by atoms with Gasteiger partial charge in [0.2, 0.25) is 11.8 Å². The van der Waals surface area contributed by atoms with Crippen LogP contribution in [0.15, 0.2) is 72.8 Å². The van der Waals surface area contributed by atoms with Crippen molar-refractivity contribution in [1.29, 1.82) is 0 Å².